The van der Waals surface area contributed by atoms with Gasteiger partial charge in [-0.05, 0) is 38.7 Å². The summed E-state index contributed by atoms with van der Waals surface area (Å²) in [5.74, 6) is 0.903. The number of aliphatic imine (C=N–C) groups is 1. The molecule has 0 aliphatic heterocycles. The number of hydrogen-bond donors (Lipinski definition) is 1. The molecular formula is C20H32IN5. The monoisotopic (exact) mass is 469 g/mol. The molecule has 0 amide bonds. The molecule has 0 saturated heterocycles. The van der Waals surface area contributed by atoms with Gasteiger partial charge in [0, 0.05) is 39.6 Å². The van der Waals surface area contributed by atoms with Crippen LogP contribution in [0.2, 0.25) is 0 Å². The first kappa shape index (κ1) is 22.5. The Bertz CT molecular complexity index is 690. The van der Waals surface area contributed by atoms with Crippen LogP contribution in [0.25, 0.3) is 0 Å². The van der Waals surface area contributed by atoms with Crippen LogP contribution in [0.5, 0.6) is 0 Å². The molecule has 1 unspecified atom stereocenters. The van der Waals surface area contributed by atoms with Gasteiger partial charge in [0.05, 0.1) is 12.6 Å². The van der Waals surface area contributed by atoms with Crippen molar-refractivity contribution in [3.05, 3.63) is 59.4 Å². The summed E-state index contributed by atoms with van der Waals surface area (Å²) in [5, 5.41) is 3.52. The third kappa shape index (κ3) is 6.02. The van der Waals surface area contributed by atoms with E-state index in [1.54, 1.807) is 0 Å². The molecule has 0 aliphatic rings. The highest BCUT2D eigenvalue weighted by molar-refractivity contribution is 14.0. The number of aryl methyl sites for hydroxylation is 2. The second kappa shape index (κ2) is 10.6. The quantitative estimate of drug-likeness (QED) is 0.401. The maximum atomic E-state index is 4.44. The van der Waals surface area contributed by atoms with Crippen LogP contribution in [-0.4, -0.2) is 55.1 Å². The molecule has 1 aromatic carbocycles. The summed E-state index contributed by atoms with van der Waals surface area (Å²) in [6, 6.07) is 13.2. The molecule has 144 valence electrons. The number of guanidine groups is 1. The van der Waals surface area contributed by atoms with Crippen LogP contribution in [0.1, 0.15) is 22.9 Å². The topological polar surface area (TPSA) is 35.8 Å². The lowest BCUT2D eigenvalue weighted by Crippen LogP contribution is -2.42. The third-order valence-corrected chi connectivity index (χ3v) is 4.56. The zero-order chi connectivity index (χ0) is 18.4. The number of rotatable bonds is 6. The number of halogens is 1. The zero-order valence-electron chi connectivity index (χ0n) is 16.7. The van der Waals surface area contributed by atoms with Gasteiger partial charge in [0.1, 0.15) is 0 Å². The average molecular weight is 469 g/mol. The van der Waals surface area contributed by atoms with Crippen molar-refractivity contribution in [2.45, 2.75) is 19.5 Å². The lowest BCUT2D eigenvalue weighted by atomic mass is 10.0. The fourth-order valence-electron chi connectivity index (χ4n) is 2.94. The van der Waals surface area contributed by atoms with E-state index in [-0.39, 0.29) is 24.0 Å². The van der Waals surface area contributed by atoms with Gasteiger partial charge in [-0.2, -0.15) is 0 Å². The minimum Gasteiger partial charge on any atom is -0.354 e. The van der Waals surface area contributed by atoms with E-state index in [2.05, 4.69) is 102 Å². The van der Waals surface area contributed by atoms with Crippen molar-refractivity contribution in [2.24, 2.45) is 12.0 Å². The summed E-state index contributed by atoms with van der Waals surface area (Å²) in [4.78, 5) is 8.83. The van der Waals surface area contributed by atoms with Crippen molar-refractivity contribution in [1.29, 1.82) is 0 Å². The number of hydrogen-bond acceptors (Lipinski definition) is 2. The van der Waals surface area contributed by atoms with Crippen molar-refractivity contribution in [2.75, 3.05) is 34.7 Å². The summed E-state index contributed by atoms with van der Waals surface area (Å²) in [6.45, 7) is 3.74. The molecule has 0 saturated carbocycles. The van der Waals surface area contributed by atoms with E-state index >= 15 is 0 Å². The minimum atomic E-state index is 0. The fourth-order valence-corrected chi connectivity index (χ4v) is 2.94. The highest BCUT2D eigenvalue weighted by atomic mass is 127. The average Bonchev–Trinajstić information content (AvgIpc) is 2.97. The van der Waals surface area contributed by atoms with Gasteiger partial charge in [-0.3, -0.25) is 4.99 Å². The maximum absolute atomic E-state index is 4.44. The third-order valence-electron chi connectivity index (χ3n) is 4.56. The predicted molar refractivity (Wildman–Crippen MR) is 121 cm³/mol. The standard InChI is InChI=1S/C20H31N5.HI/c1-16-9-11-17(12-10-16)19(23(3)4)14-22-20(21-2)25(6)15-18-8-7-13-24(18)5;/h7-13,19H,14-15H2,1-6H3,(H,21,22);1H. The number of nitrogens with one attached hydrogen (secondary N) is 1. The molecule has 6 heteroatoms. The second-order valence-corrected chi connectivity index (χ2v) is 6.78. The van der Waals surface area contributed by atoms with Crippen LogP contribution < -0.4 is 5.32 Å². The Morgan fingerprint density at radius 3 is 2.31 bits per heavy atom. The highest BCUT2D eigenvalue weighted by Gasteiger charge is 2.16. The van der Waals surface area contributed by atoms with E-state index in [4.69, 9.17) is 0 Å². The van der Waals surface area contributed by atoms with Crippen LogP contribution in [0.3, 0.4) is 0 Å². The first-order valence-corrected chi connectivity index (χ1v) is 8.67. The normalized spacial score (nSPS) is 12.7. The Kier molecular flexibility index (Phi) is 9.15. The van der Waals surface area contributed by atoms with Crippen LogP contribution in [0.15, 0.2) is 47.6 Å². The van der Waals surface area contributed by atoms with E-state index in [1.807, 2.05) is 7.05 Å². The second-order valence-electron chi connectivity index (χ2n) is 6.78. The van der Waals surface area contributed by atoms with Crippen LogP contribution in [0, 0.1) is 6.92 Å². The lowest BCUT2D eigenvalue weighted by molar-refractivity contribution is 0.295. The van der Waals surface area contributed by atoms with Gasteiger partial charge in [-0.1, -0.05) is 29.8 Å². The molecule has 0 radical (unpaired) electrons. The van der Waals surface area contributed by atoms with Crippen LogP contribution in [-0.2, 0) is 13.6 Å². The van der Waals surface area contributed by atoms with Crippen LogP contribution >= 0.6 is 24.0 Å². The number of likely N-dealkylation sites (N-methyl/N-ethyl adjacent to an activating group) is 1. The molecule has 0 fully saturated rings. The van der Waals surface area contributed by atoms with Crippen molar-refractivity contribution in [3.8, 4) is 0 Å². The summed E-state index contributed by atoms with van der Waals surface area (Å²) < 4.78 is 2.14. The molecule has 1 aromatic heterocycles. The van der Waals surface area contributed by atoms with Crippen molar-refractivity contribution in [1.82, 2.24) is 19.7 Å². The summed E-state index contributed by atoms with van der Waals surface area (Å²) >= 11 is 0. The first-order valence-electron chi connectivity index (χ1n) is 8.67. The molecule has 0 bridgehead atoms. The first-order chi connectivity index (χ1) is 11.9. The number of nitrogens with zero attached hydrogens (tertiary/aromatic N) is 4. The van der Waals surface area contributed by atoms with Gasteiger partial charge in [-0.15, -0.1) is 24.0 Å². The molecule has 0 aliphatic carbocycles. The predicted octanol–water partition coefficient (Wildman–Crippen LogP) is 3.26. The van der Waals surface area contributed by atoms with Crippen molar-refractivity contribution < 1.29 is 0 Å². The number of aromatic nitrogens is 1. The Balaban J connectivity index is 0.00000338. The van der Waals surface area contributed by atoms with E-state index in [0.717, 1.165) is 19.0 Å². The Labute approximate surface area is 175 Å². The number of benzene rings is 1. The van der Waals surface area contributed by atoms with Gasteiger partial charge >= 0.3 is 0 Å². The van der Waals surface area contributed by atoms with Gasteiger partial charge in [0.25, 0.3) is 0 Å². The van der Waals surface area contributed by atoms with E-state index in [0.29, 0.717) is 6.04 Å². The molecule has 2 rings (SSSR count). The summed E-state index contributed by atoms with van der Waals surface area (Å²) in [7, 11) is 10.2. The summed E-state index contributed by atoms with van der Waals surface area (Å²) in [5.41, 5.74) is 3.85. The van der Waals surface area contributed by atoms with Gasteiger partial charge < -0.3 is 19.7 Å². The maximum Gasteiger partial charge on any atom is 0.193 e. The molecule has 1 N–H and O–H groups in total. The Morgan fingerprint density at radius 1 is 1.15 bits per heavy atom. The molecule has 1 heterocycles. The van der Waals surface area contributed by atoms with E-state index in [9.17, 15) is 0 Å². The lowest BCUT2D eigenvalue weighted by Gasteiger charge is -2.28. The highest BCUT2D eigenvalue weighted by Crippen LogP contribution is 2.18. The molecular weight excluding hydrogens is 437 g/mol. The Morgan fingerprint density at radius 2 is 1.81 bits per heavy atom. The summed E-state index contributed by atoms with van der Waals surface area (Å²) in [6.07, 6.45) is 2.07. The minimum absolute atomic E-state index is 0. The molecule has 1 atom stereocenters. The molecule has 5 nitrogen and oxygen atoms in total. The van der Waals surface area contributed by atoms with Gasteiger partial charge in [-0.25, -0.2) is 0 Å². The fraction of sp³-hybridized carbons (Fsp3) is 0.450. The largest absolute Gasteiger partial charge is 0.354 e. The van der Waals surface area contributed by atoms with Crippen molar-refractivity contribution in [3.63, 3.8) is 0 Å². The SMILES string of the molecule is CN=C(NCC(c1ccc(C)cc1)N(C)C)N(C)Cc1cccn1C.I. The smallest absolute Gasteiger partial charge is 0.193 e. The van der Waals surface area contributed by atoms with Gasteiger partial charge in [0.15, 0.2) is 5.96 Å². The van der Waals surface area contributed by atoms with E-state index < -0.39 is 0 Å². The molecule has 26 heavy (non-hydrogen) atoms. The zero-order valence-corrected chi connectivity index (χ0v) is 19.1. The molecule has 0 spiro atoms. The van der Waals surface area contributed by atoms with E-state index in [1.165, 1.54) is 16.8 Å². The molecule has 2 aromatic rings. The van der Waals surface area contributed by atoms with Crippen molar-refractivity contribution >= 4 is 29.9 Å². The van der Waals surface area contributed by atoms with Crippen LogP contribution in [0.4, 0.5) is 0 Å². The Hall–Kier alpha value is -1.54. The van der Waals surface area contributed by atoms with Gasteiger partial charge in [0.2, 0.25) is 0 Å².